The minimum Gasteiger partial charge on any atom is -0.327 e. The van der Waals surface area contributed by atoms with E-state index in [0.717, 1.165) is 8.95 Å². The molecular formula is C15H15Br2NS. The van der Waals surface area contributed by atoms with E-state index in [1.54, 1.807) is 11.8 Å². The predicted octanol–water partition coefficient (Wildman–Crippen LogP) is 5.39. The van der Waals surface area contributed by atoms with E-state index in [-0.39, 0.29) is 11.3 Å². The second-order valence-corrected chi connectivity index (χ2v) is 7.45. The van der Waals surface area contributed by atoms with Crippen molar-refractivity contribution in [3.8, 4) is 0 Å². The van der Waals surface area contributed by atoms with E-state index in [1.165, 1.54) is 10.5 Å². The number of thioether (sulfide) groups is 1. The Morgan fingerprint density at radius 1 is 1.00 bits per heavy atom. The van der Waals surface area contributed by atoms with Crippen molar-refractivity contribution in [3.05, 3.63) is 63.0 Å². The molecule has 2 aromatic carbocycles. The number of hydrogen-bond donors (Lipinski definition) is 1. The van der Waals surface area contributed by atoms with Crippen LogP contribution in [0.2, 0.25) is 0 Å². The Bertz CT molecular complexity index is 540. The molecule has 2 rings (SSSR count). The molecule has 0 aliphatic heterocycles. The number of hydrogen-bond acceptors (Lipinski definition) is 2. The van der Waals surface area contributed by atoms with Crippen LogP contribution in [-0.4, -0.2) is 6.04 Å². The van der Waals surface area contributed by atoms with Gasteiger partial charge in [0.15, 0.2) is 0 Å². The smallest absolute Gasteiger partial charge is 0.0492 e. The van der Waals surface area contributed by atoms with Crippen LogP contribution in [0.5, 0.6) is 0 Å². The van der Waals surface area contributed by atoms with E-state index in [0.29, 0.717) is 0 Å². The van der Waals surface area contributed by atoms with Gasteiger partial charge in [-0.25, -0.2) is 0 Å². The molecule has 1 nitrogen and oxygen atoms in total. The van der Waals surface area contributed by atoms with Crippen LogP contribution in [0.1, 0.15) is 17.7 Å². The summed E-state index contributed by atoms with van der Waals surface area (Å²) < 4.78 is 2.18. The Kier molecular flexibility index (Phi) is 5.51. The highest BCUT2D eigenvalue weighted by Crippen LogP contribution is 2.38. The number of halogens is 2. The molecule has 0 heterocycles. The molecule has 0 bridgehead atoms. The average molecular weight is 401 g/mol. The molecule has 2 unspecified atom stereocenters. The zero-order chi connectivity index (χ0) is 13.8. The summed E-state index contributed by atoms with van der Waals surface area (Å²) in [6.45, 7) is 2.05. The highest BCUT2D eigenvalue weighted by Gasteiger charge is 2.17. The first-order valence-electron chi connectivity index (χ1n) is 5.99. The highest BCUT2D eigenvalue weighted by atomic mass is 79.9. The maximum Gasteiger partial charge on any atom is 0.0492 e. The Labute approximate surface area is 135 Å². The molecule has 0 fully saturated rings. The molecule has 0 amide bonds. The zero-order valence-corrected chi connectivity index (χ0v) is 14.5. The number of benzene rings is 2. The lowest BCUT2D eigenvalue weighted by Gasteiger charge is -2.21. The van der Waals surface area contributed by atoms with Crippen LogP contribution < -0.4 is 5.73 Å². The van der Waals surface area contributed by atoms with Crippen molar-refractivity contribution >= 4 is 43.6 Å². The quantitative estimate of drug-likeness (QED) is 0.696. The van der Waals surface area contributed by atoms with Gasteiger partial charge in [0, 0.05) is 25.1 Å². The van der Waals surface area contributed by atoms with Crippen molar-refractivity contribution in [2.24, 2.45) is 5.73 Å². The molecule has 0 spiro atoms. The summed E-state index contributed by atoms with van der Waals surface area (Å²) in [6, 6.07) is 16.8. The van der Waals surface area contributed by atoms with E-state index >= 15 is 0 Å². The topological polar surface area (TPSA) is 26.0 Å². The van der Waals surface area contributed by atoms with Crippen LogP contribution in [0.3, 0.4) is 0 Å². The third-order valence-electron chi connectivity index (χ3n) is 2.74. The standard InChI is InChI=1S/C15H15Br2NS/c1-10(18)15(11-5-7-12(16)8-6-11)19-14-4-2-3-13(17)9-14/h2-10,15H,18H2,1H3. The van der Waals surface area contributed by atoms with Crippen LogP contribution in [0.15, 0.2) is 62.4 Å². The lowest BCUT2D eigenvalue weighted by Crippen LogP contribution is -2.22. The van der Waals surface area contributed by atoms with Gasteiger partial charge in [0.2, 0.25) is 0 Å². The number of rotatable bonds is 4. The van der Waals surface area contributed by atoms with Gasteiger partial charge in [-0.1, -0.05) is 50.1 Å². The average Bonchev–Trinajstić information content (AvgIpc) is 2.37. The summed E-state index contributed by atoms with van der Waals surface area (Å²) in [6.07, 6.45) is 0. The molecule has 2 N–H and O–H groups in total. The molecule has 0 radical (unpaired) electrons. The monoisotopic (exact) mass is 399 g/mol. The summed E-state index contributed by atoms with van der Waals surface area (Å²) in [5, 5.41) is 0.252. The molecule has 100 valence electrons. The van der Waals surface area contributed by atoms with Gasteiger partial charge >= 0.3 is 0 Å². The minimum absolute atomic E-state index is 0.0881. The molecule has 2 atom stereocenters. The lowest BCUT2D eigenvalue weighted by molar-refractivity contribution is 0.721. The normalized spacial score (nSPS) is 14.1. The van der Waals surface area contributed by atoms with E-state index in [1.807, 2.05) is 12.1 Å². The Morgan fingerprint density at radius 3 is 2.26 bits per heavy atom. The summed E-state index contributed by atoms with van der Waals surface area (Å²) in [4.78, 5) is 1.22. The fourth-order valence-corrected chi connectivity index (χ4v) is 3.79. The van der Waals surface area contributed by atoms with E-state index in [4.69, 9.17) is 5.73 Å². The second kappa shape index (κ2) is 6.93. The molecule has 0 saturated heterocycles. The zero-order valence-electron chi connectivity index (χ0n) is 10.5. The van der Waals surface area contributed by atoms with Gasteiger partial charge in [0.25, 0.3) is 0 Å². The number of nitrogens with two attached hydrogens (primary N) is 1. The molecular weight excluding hydrogens is 386 g/mol. The van der Waals surface area contributed by atoms with Gasteiger partial charge in [0.05, 0.1) is 0 Å². The molecule has 2 aromatic rings. The van der Waals surface area contributed by atoms with Crippen molar-refractivity contribution in [2.45, 2.75) is 23.1 Å². The maximum atomic E-state index is 6.15. The molecule has 0 aliphatic rings. The molecule has 0 aliphatic carbocycles. The largest absolute Gasteiger partial charge is 0.327 e. The summed E-state index contributed by atoms with van der Waals surface area (Å²) >= 11 is 8.77. The van der Waals surface area contributed by atoms with Crippen LogP contribution in [0, 0.1) is 0 Å². The summed E-state index contributed by atoms with van der Waals surface area (Å²) in [5.74, 6) is 0. The predicted molar refractivity (Wildman–Crippen MR) is 90.5 cm³/mol. The molecule has 19 heavy (non-hydrogen) atoms. The Morgan fingerprint density at radius 2 is 1.68 bits per heavy atom. The highest BCUT2D eigenvalue weighted by molar-refractivity contribution is 9.10. The van der Waals surface area contributed by atoms with Crippen molar-refractivity contribution in [3.63, 3.8) is 0 Å². The van der Waals surface area contributed by atoms with E-state index in [2.05, 4.69) is 75.2 Å². The van der Waals surface area contributed by atoms with Gasteiger partial charge < -0.3 is 5.73 Å². The Hall–Kier alpha value is -0.290. The van der Waals surface area contributed by atoms with Crippen LogP contribution in [0.25, 0.3) is 0 Å². The Balaban J connectivity index is 2.23. The van der Waals surface area contributed by atoms with Crippen molar-refractivity contribution in [1.82, 2.24) is 0 Å². The van der Waals surface area contributed by atoms with Crippen LogP contribution >= 0.6 is 43.6 Å². The first-order chi connectivity index (χ1) is 9.06. The minimum atomic E-state index is 0.0881. The van der Waals surface area contributed by atoms with Crippen molar-refractivity contribution in [1.29, 1.82) is 0 Å². The maximum absolute atomic E-state index is 6.15. The van der Waals surface area contributed by atoms with Crippen molar-refractivity contribution in [2.75, 3.05) is 0 Å². The van der Waals surface area contributed by atoms with Crippen LogP contribution in [-0.2, 0) is 0 Å². The first-order valence-corrected chi connectivity index (χ1v) is 8.46. The van der Waals surface area contributed by atoms with Gasteiger partial charge in [-0.2, -0.15) is 0 Å². The molecule has 4 heteroatoms. The van der Waals surface area contributed by atoms with E-state index < -0.39 is 0 Å². The summed E-state index contributed by atoms with van der Waals surface area (Å²) in [7, 11) is 0. The fraction of sp³-hybridized carbons (Fsp3) is 0.200. The van der Waals surface area contributed by atoms with Gasteiger partial charge in [0.1, 0.15) is 0 Å². The second-order valence-electron chi connectivity index (χ2n) is 4.41. The molecule has 0 saturated carbocycles. The third-order valence-corrected chi connectivity index (χ3v) is 5.24. The van der Waals surface area contributed by atoms with Gasteiger partial charge in [-0.3, -0.25) is 0 Å². The first kappa shape index (κ1) is 15.1. The summed E-state index contributed by atoms with van der Waals surface area (Å²) in [5.41, 5.74) is 7.40. The van der Waals surface area contributed by atoms with Crippen LogP contribution in [0.4, 0.5) is 0 Å². The van der Waals surface area contributed by atoms with E-state index in [9.17, 15) is 0 Å². The van der Waals surface area contributed by atoms with Gasteiger partial charge in [-0.05, 0) is 42.8 Å². The van der Waals surface area contributed by atoms with Crippen molar-refractivity contribution < 1.29 is 0 Å². The molecule has 0 aromatic heterocycles. The third kappa shape index (κ3) is 4.35. The fourth-order valence-electron chi connectivity index (χ4n) is 1.82. The SMILES string of the molecule is CC(N)C(Sc1cccc(Br)c1)c1ccc(Br)cc1. The van der Waals surface area contributed by atoms with Gasteiger partial charge in [-0.15, -0.1) is 11.8 Å². The lowest BCUT2D eigenvalue weighted by atomic mass is 10.1.